The Morgan fingerprint density at radius 2 is 1.83 bits per heavy atom. The summed E-state index contributed by atoms with van der Waals surface area (Å²) in [6.07, 6.45) is 0. The van der Waals surface area contributed by atoms with Gasteiger partial charge < -0.3 is 9.15 Å². The van der Waals surface area contributed by atoms with Crippen molar-refractivity contribution in [2.24, 2.45) is 0 Å². The minimum Gasteiger partial charge on any atom is -0.489 e. The Hall–Kier alpha value is -1.97. The lowest BCUT2D eigenvalue weighted by Crippen LogP contribution is -2.05. The van der Waals surface area contributed by atoms with Crippen LogP contribution in [0.2, 0.25) is 10.0 Å². The van der Waals surface area contributed by atoms with Crippen molar-refractivity contribution in [3.63, 3.8) is 0 Å². The van der Waals surface area contributed by atoms with Crippen LogP contribution in [0.25, 0.3) is 11.0 Å². The maximum Gasteiger partial charge on any atom is 0.339 e. The maximum absolute atomic E-state index is 11.8. The number of ether oxygens (including phenoxy) is 1. The van der Waals surface area contributed by atoms with Crippen molar-refractivity contribution in [3.8, 4) is 5.75 Å². The van der Waals surface area contributed by atoms with Crippen LogP contribution in [-0.2, 0) is 6.61 Å². The summed E-state index contributed by atoms with van der Waals surface area (Å²) in [7, 11) is 0. The van der Waals surface area contributed by atoms with E-state index in [0.29, 0.717) is 33.5 Å². The molecule has 0 atom stereocenters. The lowest BCUT2D eigenvalue weighted by molar-refractivity contribution is 0.306. The van der Waals surface area contributed by atoms with Crippen molar-refractivity contribution in [3.05, 3.63) is 73.6 Å². The van der Waals surface area contributed by atoms with E-state index in [4.69, 9.17) is 32.4 Å². The fourth-order valence-corrected chi connectivity index (χ4v) is 2.78. The highest BCUT2D eigenvalue weighted by molar-refractivity contribution is 6.35. The van der Waals surface area contributed by atoms with E-state index in [2.05, 4.69) is 0 Å². The van der Waals surface area contributed by atoms with Gasteiger partial charge in [0.2, 0.25) is 0 Å². The van der Waals surface area contributed by atoms with Crippen molar-refractivity contribution in [2.75, 3.05) is 0 Å². The monoisotopic (exact) mass is 348 g/mol. The van der Waals surface area contributed by atoms with E-state index >= 15 is 0 Å². The average Bonchev–Trinajstić information content (AvgIpc) is 2.52. The zero-order valence-corrected chi connectivity index (χ0v) is 14.2. The van der Waals surface area contributed by atoms with Gasteiger partial charge in [0.15, 0.2) is 0 Å². The van der Waals surface area contributed by atoms with E-state index in [9.17, 15) is 4.79 Å². The second kappa shape index (κ2) is 6.26. The molecule has 0 aliphatic heterocycles. The molecule has 0 bridgehead atoms. The van der Waals surface area contributed by atoms with Gasteiger partial charge in [-0.05, 0) is 43.7 Å². The van der Waals surface area contributed by atoms with Gasteiger partial charge in [-0.15, -0.1) is 0 Å². The summed E-state index contributed by atoms with van der Waals surface area (Å²) < 4.78 is 11.1. The number of benzene rings is 2. The first-order valence-corrected chi connectivity index (χ1v) is 7.82. The van der Waals surface area contributed by atoms with Gasteiger partial charge in [-0.2, -0.15) is 0 Å². The van der Waals surface area contributed by atoms with Crippen molar-refractivity contribution < 1.29 is 9.15 Å². The third kappa shape index (κ3) is 3.21. The summed E-state index contributed by atoms with van der Waals surface area (Å²) in [5, 5.41) is 2.03. The predicted molar refractivity (Wildman–Crippen MR) is 92.8 cm³/mol. The Kier molecular flexibility index (Phi) is 4.33. The van der Waals surface area contributed by atoms with Crippen molar-refractivity contribution >= 4 is 34.2 Å². The fraction of sp³-hybridized carbons (Fsp3) is 0.167. The molecule has 0 unspecified atom stereocenters. The molecule has 0 aliphatic rings. The number of hydrogen-bond acceptors (Lipinski definition) is 3. The topological polar surface area (TPSA) is 39.4 Å². The third-order valence-corrected chi connectivity index (χ3v) is 4.42. The minimum atomic E-state index is -0.326. The molecule has 0 radical (unpaired) electrons. The Labute approximate surface area is 143 Å². The number of aryl methyl sites for hydroxylation is 1. The van der Waals surface area contributed by atoms with Crippen LogP contribution in [0.4, 0.5) is 0 Å². The Balaban J connectivity index is 1.89. The minimum absolute atomic E-state index is 0.302. The number of hydrogen-bond donors (Lipinski definition) is 0. The Morgan fingerprint density at radius 1 is 1.04 bits per heavy atom. The van der Waals surface area contributed by atoms with E-state index in [0.717, 1.165) is 16.5 Å². The van der Waals surface area contributed by atoms with Gasteiger partial charge in [0.05, 0.1) is 0 Å². The summed E-state index contributed by atoms with van der Waals surface area (Å²) in [6, 6.07) is 10.7. The molecule has 0 fully saturated rings. The summed E-state index contributed by atoms with van der Waals surface area (Å²) >= 11 is 12.0. The predicted octanol–water partition coefficient (Wildman–Crippen LogP) is 5.30. The van der Waals surface area contributed by atoms with Crippen LogP contribution in [0.1, 0.15) is 16.7 Å². The molecule has 3 nitrogen and oxygen atoms in total. The van der Waals surface area contributed by atoms with Gasteiger partial charge >= 0.3 is 5.63 Å². The first-order chi connectivity index (χ1) is 11.0. The molecule has 118 valence electrons. The Bertz CT molecular complexity index is 945. The summed E-state index contributed by atoms with van der Waals surface area (Å²) in [4.78, 5) is 11.8. The van der Waals surface area contributed by atoms with E-state index in [-0.39, 0.29) is 5.63 Å². The molecule has 0 aliphatic carbocycles. The van der Waals surface area contributed by atoms with Crippen LogP contribution in [0.5, 0.6) is 5.75 Å². The number of halogens is 2. The molecular formula is C18H14Cl2O3. The van der Waals surface area contributed by atoms with E-state index < -0.39 is 0 Å². The molecule has 3 rings (SSSR count). The summed E-state index contributed by atoms with van der Waals surface area (Å²) in [5.74, 6) is 0.606. The molecule has 2 aromatic carbocycles. The van der Waals surface area contributed by atoms with Crippen LogP contribution >= 0.6 is 23.2 Å². The first kappa shape index (κ1) is 15.9. The van der Waals surface area contributed by atoms with Gasteiger partial charge in [0.1, 0.15) is 17.9 Å². The van der Waals surface area contributed by atoms with Crippen molar-refractivity contribution in [1.82, 2.24) is 0 Å². The molecule has 0 amide bonds. The molecular weight excluding hydrogens is 335 g/mol. The SMILES string of the molecule is Cc1c(C)c2ccc(OCc3ccc(Cl)cc3Cl)cc2oc1=O. The van der Waals surface area contributed by atoms with Crippen LogP contribution in [-0.4, -0.2) is 0 Å². The molecule has 0 saturated heterocycles. The van der Waals surface area contributed by atoms with E-state index in [1.807, 2.05) is 25.1 Å². The van der Waals surface area contributed by atoms with Gasteiger partial charge in [-0.3, -0.25) is 0 Å². The second-order valence-electron chi connectivity index (χ2n) is 5.32. The molecule has 1 aromatic heterocycles. The molecule has 0 N–H and O–H groups in total. The van der Waals surface area contributed by atoms with Gasteiger partial charge in [0, 0.05) is 32.6 Å². The van der Waals surface area contributed by atoms with Crippen LogP contribution in [0.15, 0.2) is 45.6 Å². The zero-order chi connectivity index (χ0) is 16.6. The van der Waals surface area contributed by atoms with Gasteiger partial charge in [0.25, 0.3) is 0 Å². The van der Waals surface area contributed by atoms with E-state index in [1.165, 1.54) is 0 Å². The lowest BCUT2D eigenvalue weighted by Gasteiger charge is -2.10. The van der Waals surface area contributed by atoms with Crippen LogP contribution in [0.3, 0.4) is 0 Å². The summed E-state index contributed by atoms with van der Waals surface area (Å²) in [5.41, 5.74) is 2.56. The fourth-order valence-electron chi connectivity index (χ4n) is 2.32. The average molecular weight is 349 g/mol. The highest BCUT2D eigenvalue weighted by Crippen LogP contribution is 2.26. The van der Waals surface area contributed by atoms with Gasteiger partial charge in [-0.1, -0.05) is 29.3 Å². The number of fused-ring (bicyclic) bond motifs is 1. The molecule has 1 heterocycles. The van der Waals surface area contributed by atoms with Crippen molar-refractivity contribution in [2.45, 2.75) is 20.5 Å². The Morgan fingerprint density at radius 3 is 2.57 bits per heavy atom. The van der Waals surface area contributed by atoms with Crippen molar-refractivity contribution in [1.29, 1.82) is 0 Å². The smallest absolute Gasteiger partial charge is 0.339 e. The molecule has 0 spiro atoms. The summed E-state index contributed by atoms with van der Waals surface area (Å²) in [6.45, 7) is 3.97. The third-order valence-electron chi connectivity index (χ3n) is 3.84. The van der Waals surface area contributed by atoms with Gasteiger partial charge in [-0.25, -0.2) is 4.79 Å². The maximum atomic E-state index is 11.8. The second-order valence-corrected chi connectivity index (χ2v) is 6.17. The number of rotatable bonds is 3. The van der Waals surface area contributed by atoms with Crippen LogP contribution in [0, 0.1) is 13.8 Å². The highest BCUT2D eigenvalue weighted by Gasteiger charge is 2.09. The quantitative estimate of drug-likeness (QED) is 0.603. The molecule has 3 aromatic rings. The first-order valence-electron chi connectivity index (χ1n) is 7.06. The molecule has 0 saturated carbocycles. The standard InChI is InChI=1S/C18H14Cl2O3/c1-10-11(2)18(21)23-17-8-14(5-6-15(10)17)22-9-12-3-4-13(19)7-16(12)20/h3-8H,9H2,1-2H3. The highest BCUT2D eigenvalue weighted by atomic mass is 35.5. The normalized spacial score (nSPS) is 11.0. The van der Waals surface area contributed by atoms with E-state index in [1.54, 1.807) is 25.1 Å². The molecule has 5 heteroatoms. The lowest BCUT2D eigenvalue weighted by atomic mass is 10.1. The molecule has 23 heavy (non-hydrogen) atoms. The largest absolute Gasteiger partial charge is 0.489 e. The van der Waals surface area contributed by atoms with Crippen LogP contribution < -0.4 is 10.4 Å². The zero-order valence-electron chi connectivity index (χ0n) is 12.7.